The van der Waals surface area contributed by atoms with Crippen molar-refractivity contribution in [3.05, 3.63) is 45.2 Å². The normalized spacial score (nSPS) is 10.1. The molecule has 2 N–H and O–H groups in total. The maximum atomic E-state index is 11.0. The minimum absolute atomic E-state index is 0.0140. The lowest BCUT2D eigenvalue weighted by atomic mass is 10.3. The van der Waals surface area contributed by atoms with E-state index in [1.54, 1.807) is 0 Å². The van der Waals surface area contributed by atoms with E-state index in [0.29, 0.717) is 5.69 Å². The Morgan fingerprint density at radius 3 is 2.56 bits per heavy atom. The molecule has 92 valence electrons. The molecule has 18 heavy (non-hydrogen) atoms. The quantitative estimate of drug-likeness (QED) is 0.863. The number of nitrogens with one attached hydrogen (secondary N) is 1. The maximum Gasteiger partial charge on any atom is 0.341 e. The molecule has 0 spiro atoms. The topological polar surface area (TPSA) is 75.1 Å². The van der Waals surface area contributed by atoms with Gasteiger partial charge >= 0.3 is 5.97 Å². The van der Waals surface area contributed by atoms with Crippen LogP contribution in [0.15, 0.2) is 39.7 Å². The van der Waals surface area contributed by atoms with Gasteiger partial charge in [-0.2, -0.15) is 0 Å². The highest BCUT2D eigenvalue weighted by Gasteiger charge is 2.13. The van der Waals surface area contributed by atoms with Crippen molar-refractivity contribution in [3.8, 4) is 0 Å². The van der Waals surface area contributed by atoms with Crippen molar-refractivity contribution >= 4 is 49.3 Å². The van der Waals surface area contributed by atoms with Crippen LogP contribution in [0.2, 0.25) is 0 Å². The van der Waals surface area contributed by atoms with Crippen molar-refractivity contribution in [1.29, 1.82) is 0 Å². The lowest BCUT2D eigenvalue weighted by Gasteiger charge is -2.11. The van der Waals surface area contributed by atoms with Crippen LogP contribution in [0.1, 0.15) is 10.4 Å². The van der Waals surface area contributed by atoms with Crippen LogP contribution in [-0.2, 0) is 0 Å². The Balaban J connectivity index is 2.43. The average Bonchev–Trinajstić information content (AvgIpc) is 2.34. The van der Waals surface area contributed by atoms with Gasteiger partial charge in [0, 0.05) is 15.1 Å². The molecule has 0 unspecified atom stereocenters. The van der Waals surface area contributed by atoms with Crippen molar-refractivity contribution in [3.63, 3.8) is 0 Å². The van der Waals surface area contributed by atoms with Crippen molar-refractivity contribution < 1.29 is 9.90 Å². The van der Waals surface area contributed by atoms with Crippen LogP contribution in [0.5, 0.6) is 0 Å². The zero-order chi connectivity index (χ0) is 13.1. The number of benzene rings is 1. The Morgan fingerprint density at radius 1 is 1.28 bits per heavy atom. The van der Waals surface area contributed by atoms with Gasteiger partial charge < -0.3 is 10.4 Å². The SMILES string of the molecule is O=C(O)c1cncnc1Nc1c(Br)cccc1Br. The fraction of sp³-hybridized carbons (Fsp3) is 0. The summed E-state index contributed by atoms with van der Waals surface area (Å²) in [6.45, 7) is 0. The van der Waals surface area contributed by atoms with Crippen molar-refractivity contribution in [2.75, 3.05) is 5.32 Å². The number of hydrogen-bond acceptors (Lipinski definition) is 4. The highest BCUT2D eigenvalue weighted by atomic mass is 79.9. The van der Waals surface area contributed by atoms with Gasteiger partial charge in [0.2, 0.25) is 0 Å². The van der Waals surface area contributed by atoms with Gasteiger partial charge in [0.05, 0.1) is 5.69 Å². The maximum absolute atomic E-state index is 11.0. The first-order chi connectivity index (χ1) is 8.59. The molecular weight excluding hydrogens is 366 g/mol. The Bertz CT molecular complexity index is 584. The third kappa shape index (κ3) is 2.68. The number of aromatic carboxylic acids is 1. The second kappa shape index (κ2) is 5.45. The molecule has 5 nitrogen and oxygen atoms in total. The number of rotatable bonds is 3. The summed E-state index contributed by atoms with van der Waals surface area (Å²) in [6, 6.07) is 5.54. The molecule has 0 aliphatic carbocycles. The van der Waals surface area contributed by atoms with E-state index in [1.165, 1.54) is 12.5 Å². The van der Waals surface area contributed by atoms with E-state index in [-0.39, 0.29) is 11.4 Å². The monoisotopic (exact) mass is 371 g/mol. The minimum atomic E-state index is -1.08. The number of anilines is 2. The second-order valence-corrected chi connectivity index (χ2v) is 5.02. The molecule has 0 bridgehead atoms. The van der Waals surface area contributed by atoms with Crippen molar-refractivity contribution in [2.45, 2.75) is 0 Å². The number of halogens is 2. The van der Waals surface area contributed by atoms with E-state index >= 15 is 0 Å². The van der Waals surface area contributed by atoms with E-state index in [2.05, 4.69) is 47.1 Å². The van der Waals surface area contributed by atoms with Gasteiger partial charge in [0.25, 0.3) is 0 Å². The van der Waals surface area contributed by atoms with Crippen LogP contribution in [0.4, 0.5) is 11.5 Å². The van der Waals surface area contributed by atoms with Crippen LogP contribution in [0.25, 0.3) is 0 Å². The molecule has 0 saturated carbocycles. The first kappa shape index (κ1) is 13.0. The Hall–Kier alpha value is -1.47. The summed E-state index contributed by atoms with van der Waals surface area (Å²) >= 11 is 6.77. The predicted octanol–water partition coefficient (Wildman–Crippen LogP) is 3.44. The molecule has 1 aromatic heterocycles. The van der Waals surface area contributed by atoms with Crippen molar-refractivity contribution in [1.82, 2.24) is 9.97 Å². The number of aromatic nitrogens is 2. The Kier molecular flexibility index (Phi) is 3.93. The van der Waals surface area contributed by atoms with Crippen molar-refractivity contribution in [2.24, 2.45) is 0 Å². The molecule has 0 saturated heterocycles. The van der Waals surface area contributed by atoms with E-state index < -0.39 is 5.97 Å². The fourth-order valence-corrected chi connectivity index (χ4v) is 2.52. The Labute approximate surface area is 120 Å². The zero-order valence-corrected chi connectivity index (χ0v) is 12.1. The van der Waals surface area contributed by atoms with Gasteiger partial charge in [-0.1, -0.05) is 6.07 Å². The largest absolute Gasteiger partial charge is 0.477 e. The summed E-state index contributed by atoms with van der Waals surface area (Å²) in [7, 11) is 0. The smallest absolute Gasteiger partial charge is 0.341 e. The molecular formula is C11H7Br2N3O2. The summed E-state index contributed by atoms with van der Waals surface area (Å²) in [4.78, 5) is 18.7. The third-order valence-electron chi connectivity index (χ3n) is 2.15. The molecule has 1 aromatic carbocycles. The van der Waals surface area contributed by atoms with Gasteiger partial charge in [0.1, 0.15) is 17.7 Å². The summed E-state index contributed by atoms with van der Waals surface area (Å²) in [5.74, 6) is -0.841. The van der Waals surface area contributed by atoms with E-state index in [0.717, 1.165) is 8.95 Å². The average molecular weight is 373 g/mol. The van der Waals surface area contributed by atoms with Gasteiger partial charge in [-0.15, -0.1) is 0 Å². The number of carbonyl (C=O) groups is 1. The minimum Gasteiger partial charge on any atom is -0.477 e. The van der Waals surface area contributed by atoms with E-state index in [4.69, 9.17) is 5.11 Å². The van der Waals surface area contributed by atoms with Crippen LogP contribution in [0, 0.1) is 0 Å². The molecule has 2 aromatic rings. The van der Waals surface area contributed by atoms with E-state index in [9.17, 15) is 4.79 Å². The van der Waals surface area contributed by atoms with Gasteiger partial charge in [-0.3, -0.25) is 0 Å². The summed E-state index contributed by atoms with van der Waals surface area (Å²) in [6.07, 6.45) is 2.54. The Morgan fingerprint density at radius 2 is 1.94 bits per heavy atom. The summed E-state index contributed by atoms with van der Waals surface area (Å²) in [5, 5.41) is 12.0. The molecule has 0 fully saturated rings. The molecule has 0 aliphatic rings. The summed E-state index contributed by atoms with van der Waals surface area (Å²) < 4.78 is 1.60. The van der Waals surface area contributed by atoms with Crippen LogP contribution in [-0.4, -0.2) is 21.0 Å². The lowest BCUT2D eigenvalue weighted by molar-refractivity contribution is 0.0697. The van der Waals surface area contributed by atoms with Gasteiger partial charge in [0.15, 0.2) is 0 Å². The van der Waals surface area contributed by atoms with Crippen LogP contribution in [0.3, 0.4) is 0 Å². The van der Waals surface area contributed by atoms with Crippen LogP contribution < -0.4 is 5.32 Å². The molecule has 0 atom stereocenters. The van der Waals surface area contributed by atoms with E-state index in [1.807, 2.05) is 18.2 Å². The van der Waals surface area contributed by atoms with Gasteiger partial charge in [-0.05, 0) is 44.0 Å². The first-order valence-electron chi connectivity index (χ1n) is 4.84. The number of para-hydroxylation sites is 1. The highest BCUT2D eigenvalue weighted by molar-refractivity contribution is 9.11. The molecule has 0 radical (unpaired) electrons. The molecule has 1 heterocycles. The molecule has 2 rings (SSSR count). The second-order valence-electron chi connectivity index (χ2n) is 3.31. The predicted molar refractivity (Wildman–Crippen MR) is 74.1 cm³/mol. The van der Waals surface area contributed by atoms with Crippen LogP contribution >= 0.6 is 31.9 Å². The number of carboxylic acids is 1. The third-order valence-corrected chi connectivity index (χ3v) is 3.47. The number of carboxylic acid groups (broad SMARTS) is 1. The summed E-state index contributed by atoms with van der Waals surface area (Å²) in [5.41, 5.74) is 0.721. The number of nitrogens with zero attached hydrogens (tertiary/aromatic N) is 2. The first-order valence-corrected chi connectivity index (χ1v) is 6.42. The molecule has 0 aliphatic heterocycles. The molecule has 0 amide bonds. The highest BCUT2D eigenvalue weighted by Crippen LogP contribution is 2.33. The standard InChI is InChI=1S/C11H7Br2N3O2/c12-7-2-1-3-8(13)9(7)16-10-6(11(17)18)4-14-5-15-10/h1-5H,(H,17,18)(H,14,15,16). The lowest BCUT2D eigenvalue weighted by Crippen LogP contribution is -2.06. The van der Waals surface area contributed by atoms with Gasteiger partial charge in [-0.25, -0.2) is 14.8 Å². The fourth-order valence-electron chi connectivity index (χ4n) is 1.32. The zero-order valence-electron chi connectivity index (χ0n) is 8.89. The number of hydrogen-bond donors (Lipinski definition) is 2. The molecule has 7 heteroatoms.